The number of hydrogen-bond acceptors (Lipinski definition) is 6. The molecule has 0 saturated carbocycles. The summed E-state index contributed by atoms with van der Waals surface area (Å²) < 4.78 is 11.0. The highest BCUT2D eigenvalue weighted by Crippen LogP contribution is 2.39. The van der Waals surface area contributed by atoms with Crippen molar-refractivity contribution in [3.05, 3.63) is 28.9 Å². The molecule has 0 aliphatic rings. The van der Waals surface area contributed by atoms with E-state index >= 15 is 0 Å². The van der Waals surface area contributed by atoms with Crippen LogP contribution in [0.4, 0.5) is 11.8 Å². The number of anilines is 2. The first kappa shape index (κ1) is 15.2. The van der Waals surface area contributed by atoms with Crippen LogP contribution in [-0.2, 0) is 0 Å². The molecule has 0 amide bonds. The predicted octanol–water partition coefficient (Wildman–Crippen LogP) is 3.22. The smallest absolute Gasteiger partial charge is 0.222 e. The quantitative estimate of drug-likeness (QED) is 0.900. The Morgan fingerprint density at radius 2 is 1.86 bits per heavy atom. The zero-order chi connectivity index (χ0) is 15.6. The maximum Gasteiger partial charge on any atom is 0.222 e. The van der Waals surface area contributed by atoms with Crippen LogP contribution in [0.2, 0.25) is 5.02 Å². The van der Waals surface area contributed by atoms with Crippen LogP contribution in [0.25, 0.3) is 0 Å². The van der Waals surface area contributed by atoms with Gasteiger partial charge < -0.3 is 20.9 Å². The summed E-state index contributed by atoms with van der Waals surface area (Å²) in [6.45, 7) is 4.08. The summed E-state index contributed by atoms with van der Waals surface area (Å²) in [5.41, 5.74) is 12.2. The van der Waals surface area contributed by atoms with Crippen LogP contribution in [0.5, 0.6) is 17.2 Å². The number of hydrogen-bond donors (Lipinski definition) is 2. The number of ether oxygens (including phenoxy) is 2. The fraction of sp³-hybridized carbons (Fsp3) is 0.286. The number of nitrogens with two attached hydrogens (primary N) is 2. The number of nitrogen functional groups attached to an aromatic ring is 2. The zero-order valence-corrected chi connectivity index (χ0v) is 12.8. The Morgan fingerprint density at radius 1 is 1.14 bits per heavy atom. The second kappa shape index (κ2) is 6.05. The Bertz CT molecular complexity index is 662. The number of methoxy groups -OCH3 is 1. The second-order valence-electron chi connectivity index (χ2n) is 4.76. The molecule has 0 atom stereocenters. The van der Waals surface area contributed by atoms with Gasteiger partial charge in [0.1, 0.15) is 11.5 Å². The highest BCUT2D eigenvalue weighted by Gasteiger charge is 2.15. The lowest BCUT2D eigenvalue weighted by atomic mass is 10.0. The van der Waals surface area contributed by atoms with Gasteiger partial charge in [0.15, 0.2) is 11.6 Å². The number of benzene rings is 1. The van der Waals surface area contributed by atoms with Crippen LogP contribution < -0.4 is 20.9 Å². The van der Waals surface area contributed by atoms with Gasteiger partial charge in [0.25, 0.3) is 0 Å². The van der Waals surface area contributed by atoms with Gasteiger partial charge in [-0.15, -0.1) is 0 Å². The first-order valence-corrected chi connectivity index (χ1v) is 6.73. The van der Waals surface area contributed by atoms with Gasteiger partial charge in [0, 0.05) is 11.6 Å². The van der Waals surface area contributed by atoms with Crippen molar-refractivity contribution in [1.29, 1.82) is 0 Å². The first-order valence-electron chi connectivity index (χ1n) is 6.35. The Morgan fingerprint density at radius 3 is 2.43 bits per heavy atom. The Labute approximate surface area is 128 Å². The number of halogens is 1. The highest BCUT2D eigenvalue weighted by molar-refractivity contribution is 6.32. The van der Waals surface area contributed by atoms with Gasteiger partial charge in [-0.3, -0.25) is 0 Å². The summed E-state index contributed by atoms with van der Waals surface area (Å²) in [6, 6.07) is 3.53. The van der Waals surface area contributed by atoms with Crippen molar-refractivity contribution in [3.8, 4) is 17.2 Å². The van der Waals surface area contributed by atoms with Crippen LogP contribution in [0, 0.1) is 0 Å². The molecule has 112 valence electrons. The van der Waals surface area contributed by atoms with Crippen LogP contribution in [0.3, 0.4) is 0 Å². The summed E-state index contributed by atoms with van der Waals surface area (Å²) in [5, 5.41) is 0.451. The summed E-state index contributed by atoms with van der Waals surface area (Å²) in [4.78, 5) is 7.73. The largest absolute Gasteiger partial charge is 0.495 e. The molecule has 0 fully saturated rings. The van der Waals surface area contributed by atoms with E-state index in [1.54, 1.807) is 13.2 Å². The lowest BCUT2D eigenvalue weighted by molar-refractivity contribution is 0.411. The minimum atomic E-state index is 0.0942. The van der Waals surface area contributed by atoms with Gasteiger partial charge in [-0.1, -0.05) is 25.4 Å². The minimum absolute atomic E-state index is 0.0942. The van der Waals surface area contributed by atoms with E-state index in [0.717, 1.165) is 5.56 Å². The first-order chi connectivity index (χ1) is 9.92. The van der Waals surface area contributed by atoms with Crippen molar-refractivity contribution in [3.63, 3.8) is 0 Å². The molecule has 0 aliphatic heterocycles. The zero-order valence-electron chi connectivity index (χ0n) is 12.1. The van der Waals surface area contributed by atoms with Crippen molar-refractivity contribution in [1.82, 2.24) is 9.97 Å². The molecule has 0 unspecified atom stereocenters. The summed E-state index contributed by atoms with van der Waals surface area (Å²) >= 11 is 6.15. The summed E-state index contributed by atoms with van der Waals surface area (Å²) in [7, 11) is 1.57. The Hall–Kier alpha value is -2.21. The van der Waals surface area contributed by atoms with Crippen molar-refractivity contribution in [2.75, 3.05) is 18.6 Å². The average Bonchev–Trinajstić information content (AvgIpc) is 2.41. The van der Waals surface area contributed by atoms with Gasteiger partial charge in [-0.25, -0.2) is 4.98 Å². The van der Waals surface area contributed by atoms with E-state index in [2.05, 4.69) is 9.97 Å². The molecule has 6 nitrogen and oxygen atoms in total. The molecule has 1 aromatic carbocycles. The fourth-order valence-electron chi connectivity index (χ4n) is 1.84. The van der Waals surface area contributed by atoms with Crippen LogP contribution in [-0.4, -0.2) is 17.1 Å². The Kier molecular flexibility index (Phi) is 4.37. The third-order valence-corrected chi connectivity index (χ3v) is 3.22. The average molecular weight is 309 g/mol. The van der Waals surface area contributed by atoms with E-state index in [0.29, 0.717) is 22.3 Å². The molecular formula is C14H17ClN4O2. The van der Waals surface area contributed by atoms with Crippen molar-refractivity contribution < 1.29 is 9.47 Å². The van der Waals surface area contributed by atoms with Crippen molar-refractivity contribution >= 4 is 23.4 Å². The van der Waals surface area contributed by atoms with E-state index in [1.807, 2.05) is 19.9 Å². The molecule has 1 aromatic heterocycles. The minimum Gasteiger partial charge on any atom is -0.495 e. The summed E-state index contributed by atoms with van der Waals surface area (Å²) in [5.74, 6) is 1.97. The van der Waals surface area contributed by atoms with E-state index in [1.165, 1.54) is 6.20 Å². The second-order valence-corrected chi connectivity index (χ2v) is 5.17. The molecule has 1 heterocycles. The fourth-order valence-corrected chi connectivity index (χ4v) is 2.07. The van der Waals surface area contributed by atoms with Gasteiger partial charge in [-0.2, -0.15) is 4.98 Å². The van der Waals surface area contributed by atoms with E-state index in [-0.39, 0.29) is 17.7 Å². The number of rotatable bonds is 4. The topological polar surface area (TPSA) is 96.3 Å². The van der Waals surface area contributed by atoms with Crippen LogP contribution in [0.15, 0.2) is 18.3 Å². The number of aromatic nitrogens is 2. The third-order valence-electron chi connectivity index (χ3n) is 2.93. The maximum atomic E-state index is 6.15. The summed E-state index contributed by atoms with van der Waals surface area (Å²) in [6.07, 6.45) is 1.43. The maximum absolute atomic E-state index is 6.15. The SMILES string of the molecule is COc1cc(C(C)C)c(Oc2cnc(N)nc2N)cc1Cl. The molecule has 0 bridgehead atoms. The van der Waals surface area contributed by atoms with Gasteiger partial charge in [0.05, 0.1) is 18.3 Å². The Balaban J connectivity index is 2.45. The van der Waals surface area contributed by atoms with Gasteiger partial charge in [-0.05, 0) is 12.0 Å². The molecule has 0 spiro atoms. The molecule has 4 N–H and O–H groups in total. The molecule has 2 aromatic rings. The molecule has 21 heavy (non-hydrogen) atoms. The molecule has 7 heteroatoms. The number of nitrogens with zero attached hydrogens (tertiary/aromatic N) is 2. The van der Waals surface area contributed by atoms with Crippen molar-refractivity contribution in [2.24, 2.45) is 0 Å². The van der Waals surface area contributed by atoms with E-state index in [4.69, 9.17) is 32.5 Å². The van der Waals surface area contributed by atoms with E-state index in [9.17, 15) is 0 Å². The highest BCUT2D eigenvalue weighted by atomic mass is 35.5. The standard InChI is InChI=1S/C14H17ClN4O2/c1-7(2)8-4-11(20-3)9(15)5-10(8)21-12-6-18-14(17)19-13(12)16/h4-7H,1-3H3,(H4,16,17,18,19). The molecular weight excluding hydrogens is 292 g/mol. The monoisotopic (exact) mass is 308 g/mol. The van der Waals surface area contributed by atoms with Crippen LogP contribution >= 0.6 is 11.6 Å². The molecule has 0 saturated heterocycles. The van der Waals surface area contributed by atoms with Crippen molar-refractivity contribution in [2.45, 2.75) is 19.8 Å². The molecule has 0 radical (unpaired) electrons. The predicted molar refractivity (Wildman–Crippen MR) is 83.0 cm³/mol. The van der Waals surface area contributed by atoms with E-state index < -0.39 is 0 Å². The molecule has 2 rings (SSSR count). The third kappa shape index (κ3) is 3.28. The normalized spacial score (nSPS) is 10.7. The van der Waals surface area contributed by atoms with Crippen LogP contribution in [0.1, 0.15) is 25.3 Å². The lowest BCUT2D eigenvalue weighted by Crippen LogP contribution is -2.03. The lowest BCUT2D eigenvalue weighted by Gasteiger charge is -2.16. The van der Waals surface area contributed by atoms with Gasteiger partial charge >= 0.3 is 0 Å². The van der Waals surface area contributed by atoms with Gasteiger partial charge in [0.2, 0.25) is 5.95 Å². The molecule has 0 aliphatic carbocycles.